The van der Waals surface area contributed by atoms with Crippen LogP contribution < -0.4 is 16.6 Å². The van der Waals surface area contributed by atoms with Gasteiger partial charge in [0.1, 0.15) is 6.04 Å². The van der Waals surface area contributed by atoms with Gasteiger partial charge in [0.05, 0.1) is 5.56 Å². The largest absolute Gasteiger partial charge is 0.353 e. The van der Waals surface area contributed by atoms with Crippen LogP contribution in [0.5, 0.6) is 0 Å². The number of hydrogen-bond acceptors (Lipinski definition) is 4. The van der Waals surface area contributed by atoms with E-state index in [2.05, 4.69) is 15.3 Å². The van der Waals surface area contributed by atoms with Crippen LogP contribution in [0.15, 0.2) is 33.9 Å². The zero-order chi connectivity index (χ0) is 19.7. The van der Waals surface area contributed by atoms with Gasteiger partial charge in [0.2, 0.25) is 5.91 Å². The zero-order valence-electron chi connectivity index (χ0n) is 15.5. The molecule has 1 aromatic heterocycles. The number of carbonyl (C=O) groups excluding carboxylic acids is 2. The lowest BCUT2D eigenvalue weighted by Crippen LogP contribution is -2.59. The molecule has 1 aliphatic rings. The molecule has 2 amide bonds. The highest BCUT2D eigenvalue weighted by Gasteiger charge is 2.35. The number of aryl methyl sites for hydroxylation is 1. The number of aromatic amines is 2. The number of benzene rings is 1. The van der Waals surface area contributed by atoms with E-state index in [-0.39, 0.29) is 17.7 Å². The number of nitrogens with one attached hydrogen (secondary N) is 3. The molecule has 0 unspecified atom stereocenters. The maximum atomic E-state index is 13.1. The van der Waals surface area contributed by atoms with E-state index in [1.807, 2.05) is 13.8 Å². The molecule has 1 atom stereocenters. The fourth-order valence-electron chi connectivity index (χ4n) is 3.50. The fourth-order valence-corrected chi connectivity index (χ4v) is 3.50. The van der Waals surface area contributed by atoms with Crippen molar-refractivity contribution < 1.29 is 9.59 Å². The Bertz CT molecular complexity index is 1010. The molecule has 0 bridgehead atoms. The van der Waals surface area contributed by atoms with Crippen LogP contribution >= 0.6 is 0 Å². The van der Waals surface area contributed by atoms with Crippen LogP contribution in [-0.2, 0) is 4.79 Å². The first-order valence-electron chi connectivity index (χ1n) is 8.82. The third-order valence-electron chi connectivity index (χ3n) is 4.68. The second kappa shape index (κ2) is 7.22. The third kappa shape index (κ3) is 3.55. The Morgan fingerprint density at radius 2 is 1.93 bits per heavy atom. The minimum atomic E-state index is -0.576. The van der Waals surface area contributed by atoms with Crippen molar-refractivity contribution >= 4 is 11.8 Å². The molecule has 0 saturated carbocycles. The number of aromatic nitrogens is 2. The van der Waals surface area contributed by atoms with Gasteiger partial charge >= 0.3 is 5.69 Å². The van der Waals surface area contributed by atoms with Gasteiger partial charge in [0.15, 0.2) is 0 Å². The molecule has 0 radical (unpaired) electrons. The maximum absolute atomic E-state index is 13.1. The van der Waals surface area contributed by atoms with Crippen LogP contribution in [0.3, 0.4) is 0 Å². The Hall–Kier alpha value is -3.16. The monoisotopic (exact) mass is 370 g/mol. The number of H-pyrrole nitrogens is 2. The summed E-state index contributed by atoms with van der Waals surface area (Å²) in [5, 5.41) is 2.80. The first-order valence-corrected chi connectivity index (χ1v) is 8.82. The van der Waals surface area contributed by atoms with Crippen molar-refractivity contribution in [2.24, 2.45) is 5.92 Å². The number of amides is 2. The lowest BCUT2D eigenvalue weighted by atomic mass is 9.97. The maximum Gasteiger partial charge on any atom is 0.325 e. The van der Waals surface area contributed by atoms with E-state index >= 15 is 0 Å². The van der Waals surface area contributed by atoms with Crippen LogP contribution in [-0.4, -0.2) is 45.8 Å². The van der Waals surface area contributed by atoms with Crippen molar-refractivity contribution in [3.8, 4) is 11.1 Å². The molecule has 27 heavy (non-hydrogen) atoms. The Morgan fingerprint density at radius 1 is 1.19 bits per heavy atom. The number of hydrogen-bond donors (Lipinski definition) is 3. The van der Waals surface area contributed by atoms with E-state index in [4.69, 9.17) is 0 Å². The van der Waals surface area contributed by atoms with Gasteiger partial charge in [0, 0.05) is 24.3 Å². The summed E-state index contributed by atoms with van der Waals surface area (Å²) >= 11 is 0. The van der Waals surface area contributed by atoms with E-state index in [0.29, 0.717) is 35.5 Å². The molecule has 3 rings (SSSR count). The number of piperazine rings is 1. The summed E-state index contributed by atoms with van der Waals surface area (Å²) in [4.78, 5) is 55.2. The average Bonchev–Trinajstić information content (AvgIpc) is 2.60. The van der Waals surface area contributed by atoms with Crippen LogP contribution in [0, 0.1) is 12.8 Å². The molecule has 2 aromatic rings. The van der Waals surface area contributed by atoms with Gasteiger partial charge in [-0.1, -0.05) is 26.0 Å². The first-order chi connectivity index (χ1) is 12.8. The summed E-state index contributed by atoms with van der Waals surface area (Å²) < 4.78 is 0. The number of nitrogens with zero attached hydrogens (tertiary/aromatic N) is 1. The number of rotatable bonds is 3. The molecule has 142 valence electrons. The SMILES string of the molecule is Cc1[nH]c(=O)[nH]c(=O)c1-c1cccc(C(=O)N2CCNC(=O)[C@H]2C(C)C)c1. The minimum absolute atomic E-state index is 0.0262. The normalized spacial score (nSPS) is 17.1. The molecular formula is C19H22N4O4. The molecule has 1 saturated heterocycles. The lowest BCUT2D eigenvalue weighted by Gasteiger charge is -2.37. The fraction of sp³-hybridized carbons (Fsp3) is 0.368. The molecule has 0 aliphatic carbocycles. The molecule has 8 nitrogen and oxygen atoms in total. The van der Waals surface area contributed by atoms with E-state index in [1.165, 1.54) is 0 Å². The third-order valence-corrected chi connectivity index (χ3v) is 4.68. The van der Waals surface area contributed by atoms with Crippen molar-refractivity contribution in [1.29, 1.82) is 0 Å². The van der Waals surface area contributed by atoms with Crippen molar-refractivity contribution in [1.82, 2.24) is 20.2 Å². The van der Waals surface area contributed by atoms with Gasteiger partial charge in [-0.15, -0.1) is 0 Å². The Morgan fingerprint density at radius 3 is 2.59 bits per heavy atom. The summed E-state index contributed by atoms with van der Waals surface area (Å²) in [6, 6.07) is 6.12. The lowest BCUT2D eigenvalue weighted by molar-refractivity contribution is -0.129. The number of carbonyl (C=O) groups is 2. The van der Waals surface area contributed by atoms with Gasteiger partial charge in [-0.3, -0.25) is 19.4 Å². The summed E-state index contributed by atoms with van der Waals surface area (Å²) in [5.74, 6) is -0.445. The molecular weight excluding hydrogens is 348 g/mol. The topological polar surface area (TPSA) is 115 Å². The standard InChI is InChI=1S/C19H22N4O4/c1-10(2)15-17(25)20-7-8-23(15)18(26)13-6-4-5-12(9-13)14-11(3)21-19(27)22-16(14)24/h4-6,9-10,15H,7-8H2,1-3H3,(H,20,25)(H2,21,22,24,27)/t15-/m1/s1. The zero-order valence-corrected chi connectivity index (χ0v) is 15.5. The summed E-state index contributed by atoms with van der Waals surface area (Å²) in [6.45, 7) is 6.26. The Labute approximate surface area is 155 Å². The highest BCUT2D eigenvalue weighted by molar-refractivity contribution is 5.99. The van der Waals surface area contributed by atoms with Gasteiger partial charge < -0.3 is 15.2 Å². The Balaban J connectivity index is 2.01. The first kappa shape index (κ1) is 18.6. The highest BCUT2D eigenvalue weighted by Crippen LogP contribution is 2.22. The minimum Gasteiger partial charge on any atom is -0.353 e. The van der Waals surface area contributed by atoms with Gasteiger partial charge in [-0.2, -0.15) is 0 Å². The molecule has 1 fully saturated rings. The van der Waals surface area contributed by atoms with Crippen LogP contribution in [0.2, 0.25) is 0 Å². The van der Waals surface area contributed by atoms with Crippen molar-refractivity contribution in [3.05, 3.63) is 56.4 Å². The smallest absolute Gasteiger partial charge is 0.325 e. The molecule has 1 aromatic carbocycles. The summed E-state index contributed by atoms with van der Waals surface area (Å²) in [5.41, 5.74) is 0.550. The molecule has 3 N–H and O–H groups in total. The van der Waals surface area contributed by atoms with Crippen LogP contribution in [0.1, 0.15) is 29.9 Å². The average molecular weight is 370 g/mol. The summed E-state index contributed by atoms with van der Waals surface area (Å²) in [7, 11) is 0. The van der Waals surface area contributed by atoms with Gasteiger partial charge in [-0.25, -0.2) is 4.79 Å². The van der Waals surface area contributed by atoms with Crippen molar-refractivity contribution in [3.63, 3.8) is 0 Å². The predicted molar refractivity (Wildman–Crippen MR) is 101 cm³/mol. The highest BCUT2D eigenvalue weighted by atomic mass is 16.2. The van der Waals surface area contributed by atoms with E-state index in [1.54, 1.807) is 36.1 Å². The van der Waals surface area contributed by atoms with E-state index in [0.717, 1.165) is 0 Å². The van der Waals surface area contributed by atoms with Gasteiger partial charge in [0.25, 0.3) is 11.5 Å². The van der Waals surface area contributed by atoms with Crippen molar-refractivity contribution in [2.45, 2.75) is 26.8 Å². The molecule has 1 aliphatic heterocycles. The van der Waals surface area contributed by atoms with Gasteiger partial charge in [-0.05, 0) is 30.5 Å². The molecule has 8 heteroatoms. The van der Waals surface area contributed by atoms with Crippen molar-refractivity contribution in [2.75, 3.05) is 13.1 Å². The van der Waals surface area contributed by atoms with Crippen LogP contribution in [0.4, 0.5) is 0 Å². The quantitative estimate of drug-likeness (QED) is 0.735. The Kier molecular flexibility index (Phi) is 4.98. The van der Waals surface area contributed by atoms with E-state index < -0.39 is 17.3 Å². The predicted octanol–water partition coefficient (Wildman–Crippen LogP) is 0.635. The summed E-state index contributed by atoms with van der Waals surface area (Å²) in [6.07, 6.45) is 0. The van der Waals surface area contributed by atoms with E-state index in [9.17, 15) is 19.2 Å². The molecule has 2 heterocycles. The second-order valence-electron chi connectivity index (χ2n) is 6.97. The van der Waals surface area contributed by atoms with Crippen LogP contribution in [0.25, 0.3) is 11.1 Å². The molecule has 0 spiro atoms. The second-order valence-corrected chi connectivity index (χ2v) is 6.97.